The second-order valence-corrected chi connectivity index (χ2v) is 8.42. The molecule has 0 aromatic heterocycles. The van der Waals surface area contributed by atoms with Crippen molar-refractivity contribution in [1.29, 1.82) is 0 Å². The van der Waals surface area contributed by atoms with Gasteiger partial charge in [0.25, 0.3) is 0 Å². The molecule has 0 aliphatic rings. The molecule has 0 radical (unpaired) electrons. The number of sulfone groups is 1. The van der Waals surface area contributed by atoms with Gasteiger partial charge in [0.05, 0.1) is 20.8 Å². The molecule has 3 aromatic carbocycles. The summed E-state index contributed by atoms with van der Waals surface area (Å²) in [4.78, 5) is 23.5. The zero-order chi connectivity index (χ0) is 21.6. The highest BCUT2D eigenvalue weighted by Crippen LogP contribution is 2.24. The molecule has 0 fully saturated rings. The van der Waals surface area contributed by atoms with E-state index in [1.165, 1.54) is 48.5 Å². The van der Waals surface area contributed by atoms with E-state index in [1.807, 2.05) is 30.3 Å². The Bertz CT molecular complexity index is 1120. The highest BCUT2D eigenvalue weighted by Gasteiger charge is 2.19. The normalized spacial score (nSPS) is 10.9. The summed E-state index contributed by atoms with van der Waals surface area (Å²) in [6.07, 6.45) is 0. The Morgan fingerprint density at radius 2 is 1.47 bits per heavy atom. The SMILES string of the molecule is Nc1ccc(S(=O)(=O)c2ccc(N(CC(=O)NCc3ccccc3)N=O)cc2)cc1. The minimum absolute atomic E-state index is 0.0513. The Morgan fingerprint density at radius 1 is 0.900 bits per heavy atom. The molecular weight excluding hydrogens is 404 g/mol. The van der Waals surface area contributed by atoms with Gasteiger partial charge in [0.2, 0.25) is 15.7 Å². The summed E-state index contributed by atoms with van der Waals surface area (Å²) in [6, 6.07) is 20.8. The van der Waals surface area contributed by atoms with Gasteiger partial charge in [-0.25, -0.2) is 13.4 Å². The zero-order valence-corrected chi connectivity index (χ0v) is 16.7. The van der Waals surface area contributed by atoms with E-state index < -0.39 is 15.7 Å². The van der Waals surface area contributed by atoms with Crippen molar-refractivity contribution in [3.63, 3.8) is 0 Å². The summed E-state index contributed by atoms with van der Waals surface area (Å²) >= 11 is 0. The number of nitrogens with zero attached hydrogens (tertiary/aromatic N) is 2. The van der Waals surface area contributed by atoms with Crippen molar-refractivity contribution in [2.75, 3.05) is 17.3 Å². The van der Waals surface area contributed by atoms with Gasteiger partial charge in [0.1, 0.15) is 6.54 Å². The fourth-order valence-electron chi connectivity index (χ4n) is 2.74. The number of hydrogen-bond acceptors (Lipinski definition) is 6. The molecule has 30 heavy (non-hydrogen) atoms. The third-order valence-electron chi connectivity index (χ3n) is 4.36. The largest absolute Gasteiger partial charge is 0.399 e. The van der Waals surface area contributed by atoms with E-state index in [4.69, 9.17) is 5.73 Å². The smallest absolute Gasteiger partial charge is 0.242 e. The van der Waals surface area contributed by atoms with Crippen LogP contribution >= 0.6 is 0 Å². The molecule has 9 heteroatoms. The lowest BCUT2D eigenvalue weighted by Gasteiger charge is -2.15. The van der Waals surface area contributed by atoms with E-state index in [2.05, 4.69) is 10.6 Å². The number of carbonyl (C=O) groups is 1. The maximum Gasteiger partial charge on any atom is 0.242 e. The van der Waals surface area contributed by atoms with Gasteiger partial charge in [-0.3, -0.25) is 4.79 Å². The van der Waals surface area contributed by atoms with E-state index in [0.717, 1.165) is 10.6 Å². The molecule has 3 aromatic rings. The number of nitroso groups, excluding NO2 is 1. The van der Waals surface area contributed by atoms with E-state index >= 15 is 0 Å². The van der Waals surface area contributed by atoms with E-state index in [-0.39, 0.29) is 16.3 Å². The van der Waals surface area contributed by atoms with Crippen molar-refractivity contribution in [1.82, 2.24) is 5.32 Å². The molecular formula is C21H20N4O4S. The fourth-order valence-corrected chi connectivity index (χ4v) is 4.00. The number of amides is 1. The average molecular weight is 424 g/mol. The molecule has 0 aliphatic heterocycles. The Kier molecular flexibility index (Phi) is 6.43. The Morgan fingerprint density at radius 3 is 2.03 bits per heavy atom. The molecule has 0 bridgehead atoms. The van der Waals surface area contributed by atoms with Crippen molar-refractivity contribution in [3.05, 3.63) is 89.3 Å². The van der Waals surface area contributed by atoms with E-state index in [1.54, 1.807) is 0 Å². The maximum absolute atomic E-state index is 12.7. The van der Waals surface area contributed by atoms with Crippen LogP contribution in [0.3, 0.4) is 0 Å². The summed E-state index contributed by atoms with van der Waals surface area (Å²) in [5, 5.41) is 6.54. The first-order chi connectivity index (χ1) is 14.4. The van der Waals surface area contributed by atoms with Crippen LogP contribution in [0, 0.1) is 4.91 Å². The molecule has 0 aliphatic carbocycles. The van der Waals surface area contributed by atoms with Crippen molar-refractivity contribution in [3.8, 4) is 0 Å². The Balaban J connectivity index is 1.68. The molecule has 0 saturated heterocycles. The van der Waals surface area contributed by atoms with Crippen LogP contribution in [0.25, 0.3) is 0 Å². The standard InChI is InChI=1S/C21H20N4O4S/c22-17-6-10-19(11-7-17)30(28,29)20-12-8-18(9-13-20)25(24-27)15-21(26)23-14-16-4-2-1-3-5-16/h1-13H,14-15,22H2,(H,23,26). The fraction of sp³-hybridized carbons (Fsp3) is 0.0952. The predicted molar refractivity (Wildman–Crippen MR) is 114 cm³/mol. The number of nitrogen functional groups attached to an aromatic ring is 1. The molecule has 0 heterocycles. The van der Waals surface area contributed by atoms with Crippen molar-refractivity contribution >= 4 is 27.1 Å². The van der Waals surface area contributed by atoms with Gasteiger partial charge in [-0.2, -0.15) is 0 Å². The molecule has 0 unspecified atom stereocenters. The summed E-state index contributed by atoms with van der Waals surface area (Å²) in [7, 11) is -3.73. The van der Waals surface area contributed by atoms with E-state index in [0.29, 0.717) is 17.9 Å². The lowest BCUT2D eigenvalue weighted by atomic mass is 10.2. The lowest BCUT2D eigenvalue weighted by Crippen LogP contribution is -2.34. The first kappa shape index (κ1) is 21.0. The van der Waals surface area contributed by atoms with Gasteiger partial charge in [-0.1, -0.05) is 30.3 Å². The second kappa shape index (κ2) is 9.19. The topological polar surface area (TPSA) is 122 Å². The summed E-state index contributed by atoms with van der Waals surface area (Å²) < 4.78 is 25.4. The van der Waals surface area contributed by atoms with Gasteiger partial charge in [0, 0.05) is 12.2 Å². The third-order valence-corrected chi connectivity index (χ3v) is 6.15. The minimum Gasteiger partial charge on any atom is -0.399 e. The lowest BCUT2D eigenvalue weighted by molar-refractivity contribution is -0.119. The number of benzene rings is 3. The molecule has 0 atom stereocenters. The molecule has 3 N–H and O–H groups in total. The van der Waals surface area contributed by atoms with Crippen LogP contribution in [-0.2, 0) is 21.2 Å². The molecule has 154 valence electrons. The summed E-state index contributed by atoms with van der Waals surface area (Å²) in [5.41, 5.74) is 7.29. The van der Waals surface area contributed by atoms with Crippen LogP contribution in [-0.4, -0.2) is 20.9 Å². The average Bonchev–Trinajstić information content (AvgIpc) is 2.77. The molecule has 8 nitrogen and oxygen atoms in total. The number of nitrogens with one attached hydrogen (secondary N) is 1. The predicted octanol–water partition coefficient (Wildman–Crippen LogP) is 2.91. The summed E-state index contributed by atoms with van der Waals surface area (Å²) in [6.45, 7) is 0.0333. The Labute approximate surface area is 174 Å². The molecule has 3 rings (SSSR count). The summed E-state index contributed by atoms with van der Waals surface area (Å²) in [5.74, 6) is -0.392. The third kappa shape index (κ3) is 5.00. The van der Waals surface area contributed by atoms with Crippen LogP contribution in [0.1, 0.15) is 5.56 Å². The van der Waals surface area contributed by atoms with Crippen molar-refractivity contribution in [2.24, 2.45) is 5.29 Å². The Hall–Kier alpha value is -3.72. The number of rotatable bonds is 8. The van der Waals surface area contributed by atoms with Crippen molar-refractivity contribution in [2.45, 2.75) is 16.3 Å². The highest BCUT2D eigenvalue weighted by atomic mass is 32.2. The van der Waals surface area contributed by atoms with Crippen LogP contribution < -0.4 is 16.1 Å². The van der Waals surface area contributed by atoms with Crippen LogP contribution in [0.5, 0.6) is 0 Å². The zero-order valence-electron chi connectivity index (χ0n) is 15.9. The van der Waals surface area contributed by atoms with Gasteiger partial charge >= 0.3 is 0 Å². The first-order valence-electron chi connectivity index (χ1n) is 9.02. The number of carbonyl (C=O) groups excluding carboxylic acids is 1. The minimum atomic E-state index is -3.73. The highest BCUT2D eigenvalue weighted by molar-refractivity contribution is 7.91. The maximum atomic E-state index is 12.7. The van der Waals surface area contributed by atoms with E-state index in [9.17, 15) is 18.1 Å². The van der Waals surface area contributed by atoms with Gasteiger partial charge in [0.15, 0.2) is 0 Å². The quantitative estimate of drug-likeness (QED) is 0.326. The molecule has 0 saturated carbocycles. The number of anilines is 2. The van der Waals surface area contributed by atoms with Gasteiger partial charge < -0.3 is 11.1 Å². The van der Waals surface area contributed by atoms with Crippen molar-refractivity contribution < 1.29 is 13.2 Å². The molecule has 0 spiro atoms. The first-order valence-corrected chi connectivity index (χ1v) is 10.5. The van der Waals surface area contributed by atoms with Crippen LogP contribution in [0.4, 0.5) is 11.4 Å². The number of hydrogen-bond donors (Lipinski definition) is 2. The molecule has 1 amide bonds. The second-order valence-electron chi connectivity index (χ2n) is 6.47. The van der Waals surface area contributed by atoms with Crippen LogP contribution in [0.15, 0.2) is 93.9 Å². The van der Waals surface area contributed by atoms with Gasteiger partial charge in [-0.15, -0.1) is 4.91 Å². The van der Waals surface area contributed by atoms with Crippen LogP contribution in [0.2, 0.25) is 0 Å². The number of nitrogens with two attached hydrogens (primary N) is 1. The van der Waals surface area contributed by atoms with Gasteiger partial charge in [-0.05, 0) is 54.1 Å². The monoisotopic (exact) mass is 424 g/mol.